The SMILES string of the molecule is C[B]c1c[se]c([B]C)c1. The van der Waals surface area contributed by atoms with E-state index in [9.17, 15) is 0 Å². The van der Waals surface area contributed by atoms with Gasteiger partial charge in [0.1, 0.15) is 0 Å². The fourth-order valence-corrected chi connectivity index (χ4v) is 2.38. The van der Waals surface area contributed by atoms with Crippen molar-refractivity contribution in [2.75, 3.05) is 0 Å². The van der Waals surface area contributed by atoms with Crippen LogP contribution in [0.4, 0.5) is 0 Å². The van der Waals surface area contributed by atoms with E-state index in [1.54, 1.807) is 0 Å². The fourth-order valence-electron chi connectivity index (χ4n) is 0.671. The van der Waals surface area contributed by atoms with E-state index in [4.69, 9.17) is 0 Å². The van der Waals surface area contributed by atoms with Gasteiger partial charge < -0.3 is 0 Å². The Balaban J connectivity index is 2.74. The van der Waals surface area contributed by atoms with E-state index in [1.165, 1.54) is 9.80 Å². The summed E-state index contributed by atoms with van der Waals surface area (Å²) in [5.41, 5.74) is 1.39. The van der Waals surface area contributed by atoms with E-state index in [0.717, 1.165) is 0 Å². The maximum absolute atomic E-state index is 2.31. The van der Waals surface area contributed by atoms with Gasteiger partial charge >= 0.3 is 63.5 Å². The molecule has 0 aromatic carbocycles. The molecule has 0 fully saturated rings. The van der Waals surface area contributed by atoms with E-state index in [0.29, 0.717) is 14.5 Å². The molecule has 2 radical (unpaired) electrons. The van der Waals surface area contributed by atoms with E-state index in [-0.39, 0.29) is 0 Å². The summed E-state index contributed by atoms with van der Waals surface area (Å²) in [4.78, 5) is 2.31. The molecule has 1 heterocycles. The molecule has 0 nitrogen and oxygen atoms in total. The Morgan fingerprint density at radius 1 is 1.33 bits per heavy atom. The topological polar surface area (TPSA) is 0 Å². The summed E-state index contributed by atoms with van der Waals surface area (Å²) in [6, 6.07) is 2.25. The van der Waals surface area contributed by atoms with Gasteiger partial charge in [-0.05, 0) is 0 Å². The molecule has 0 aliphatic rings. The zero-order valence-corrected chi connectivity index (χ0v) is 7.43. The number of hydrogen-bond acceptors (Lipinski definition) is 0. The molecule has 9 heavy (non-hydrogen) atoms. The van der Waals surface area contributed by atoms with Crippen molar-refractivity contribution in [3.63, 3.8) is 0 Å². The van der Waals surface area contributed by atoms with Gasteiger partial charge in [0.25, 0.3) is 0 Å². The average molecular weight is 181 g/mol. The van der Waals surface area contributed by atoms with Gasteiger partial charge in [-0.25, -0.2) is 0 Å². The molecular weight excluding hydrogens is 173 g/mol. The molecule has 0 saturated carbocycles. The molecule has 0 unspecified atom stereocenters. The maximum atomic E-state index is 2.31. The molecule has 0 amide bonds. The molecule has 0 saturated heterocycles. The van der Waals surface area contributed by atoms with Crippen molar-refractivity contribution in [1.29, 1.82) is 0 Å². The first-order chi connectivity index (χ1) is 4.36. The molecule has 1 rings (SSSR count). The molecule has 44 valence electrons. The second-order valence-corrected chi connectivity index (χ2v) is 3.84. The van der Waals surface area contributed by atoms with Crippen LogP contribution in [0.1, 0.15) is 0 Å². The first kappa shape index (κ1) is 7.24. The monoisotopic (exact) mass is 182 g/mol. The molecule has 0 aliphatic heterocycles. The van der Waals surface area contributed by atoms with E-state index in [1.807, 2.05) is 0 Å². The molecule has 0 atom stereocenters. The Morgan fingerprint density at radius 3 is 2.44 bits per heavy atom. The molecule has 3 heteroatoms. The standard InChI is InChI=1S/C6H8B2Se/c1-7-5-3-6(8-2)9-4-5/h3-4H,1-2H3. The zero-order chi connectivity index (χ0) is 6.69. The molecule has 0 spiro atoms. The summed E-state index contributed by atoms with van der Waals surface area (Å²) in [6.45, 7) is 4.18. The minimum atomic E-state index is 0.622. The van der Waals surface area contributed by atoms with Crippen LogP contribution in [0.15, 0.2) is 11.0 Å². The Labute approximate surface area is 63.9 Å². The zero-order valence-electron chi connectivity index (χ0n) is 5.72. The van der Waals surface area contributed by atoms with Crippen LogP contribution in [-0.4, -0.2) is 29.1 Å². The predicted molar refractivity (Wildman–Crippen MR) is 45.9 cm³/mol. The predicted octanol–water partition coefficient (Wildman–Crippen LogP) is -0.501. The third-order valence-corrected chi connectivity index (χ3v) is 3.39. The van der Waals surface area contributed by atoms with Crippen LogP contribution >= 0.6 is 0 Å². The van der Waals surface area contributed by atoms with Crippen molar-refractivity contribution in [3.8, 4) is 0 Å². The van der Waals surface area contributed by atoms with Gasteiger partial charge in [0.15, 0.2) is 0 Å². The second kappa shape index (κ2) is 3.34. The Bertz CT molecular complexity index is 164. The number of rotatable bonds is 2. The third-order valence-electron chi connectivity index (χ3n) is 1.26. The van der Waals surface area contributed by atoms with Crippen LogP contribution in [0, 0.1) is 0 Å². The Morgan fingerprint density at radius 2 is 2.11 bits per heavy atom. The van der Waals surface area contributed by atoms with Crippen LogP contribution in [0.3, 0.4) is 0 Å². The van der Waals surface area contributed by atoms with E-state index in [2.05, 4.69) is 39.2 Å². The first-order valence-electron chi connectivity index (χ1n) is 3.04. The van der Waals surface area contributed by atoms with Crippen LogP contribution in [0.25, 0.3) is 0 Å². The van der Waals surface area contributed by atoms with Gasteiger partial charge in [0.2, 0.25) is 0 Å². The summed E-state index contributed by atoms with van der Waals surface area (Å²) in [5.74, 6) is 0. The van der Waals surface area contributed by atoms with Gasteiger partial charge in [0.05, 0.1) is 0 Å². The summed E-state index contributed by atoms with van der Waals surface area (Å²) < 4.78 is 1.50. The van der Waals surface area contributed by atoms with Crippen molar-refractivity contribution in [1.82, 2.24) is 0 Å². The normalized spacial score (nSPS) is 9.11. The van der Waals surface area contributed by atoms with Gasteiger partial charge in [-0.1, -0.05) is 0 Å². The quantitative estimate of drug-likeness (QED) is 0.539. The first-order valence-corrected chi connectivity index (χ1v) is 4.88. The van der Waals surface area contributed by atoms with Gasteiger partial charge in [0, 0.05) is 0 Å². The van der Waals surface area contributed by atoms with Crippen molar-refractivity contribution < 1.29 is 0 Å². The number of hydrogen-bond donors (Lipinski definition) is 0. The fraction of sp³-hybridized carbons (Fsp3) is 0.333. The molecule has 0 aliphatic carbocycles. The van der Waals surface area contributed by atoms with E-state index < -0.39 is 0 Å². The van der Waals surface area contributed by atoms with Crippen LogP contribution in [0.5, 0.6) is 0 Å². The van der Waals surface area contributed by atoms with Crippen LogP contribution < -0.4 is 9.80 Å². The molecular formula is C6H8B2Se. The third kappa shape index (κ3) is 1.77. The van der Waals surface area contributed by atoms with Crippen LogP contribution in [-0.2, 0) is 0 Å². The van der Waals surface area contributed by atoms with Gasteiger partial charge in [-0.15, -0.1) is 0 Å². The molecule has 1 aromatic rings. The van der Waals surface area contributed by atoms with Crippen molar-refractivity contribution in [2.45, 2.75) is 13.6 Å². The van der Waals surface area contributed by atoms with Gasteiger partial charge in [-0.2, -0.15) is 0 Å². The summed E-state index contributed by atoms with van der Waals surface area (Å²) in [7, 11) is 4.34. The molecule has 0 bridgehead atoms. The molecule has 0 N–H and O–H groups in total. The summed E-state index contributed by atoms with van der Waals surface area (Å²) in [6.07, 6.45) is 0. The van der Waals surface area contributed by atoms with Crippen molar-refractivity contribution in [2.24, 2.45) is 0 Å². The minimum absolute atomic E-state index is 0.622. The summed E-state index contributed by atoms with van der Waals surface area (Å²) >= 11 is 0.622. The summed E-state index contributed by atoms with van der Waals surface area (Å²) in [5, 5.41) is 0. The Kier molecular flexibility index (Phi) is 2.68. The van der Waals surface area contributed by atoms with Crippen LogP contribution in [0.2, 0.25) is 13.6 Å². The second-order valence-electron chi connectivity index (χ2n) is 1.86. The van der Waals surface area contributed by atoms with Crippen molar-refractivity contribution in [3.05, 3.63) is 11.0 Å². The van der Waals surface area contributed by atoms with E-state index >= 15 is 0 Å². The molecule has 1 aromatic heterocycles. The average Bonchev–Trinajstić information content (AvgIpc) is 2.34. The Hall–Kier alpha value is 0.129. The van der Waals surface area contributed by atoms with Crippen molar-refractivity contribution >= 4 is 38.9 Å². The van der Waals surface area contributed by atoms with Gasteiger partial charge in [-0.3, -0.25) is 0 Å².